The summed E-state index contributed by atoms with van der Waals surface area (Å²) in [7, 11) is 5.33. The maximum atomic E-state index is 11.6. The van der Waals surface area contributed by atoms with Crippen LogP contribution in [0.3, 0.4) is 0 Å². The number of aliphatic hydroxyl groups excluding tert-OH is 1. The van der Waals surface area contributed by atoms with Gasteiger partial charge in [-0.25, -0.2) is 0 Å². The van der Waals surface area contributed by atoms with E-state index in [-0.39, 0.29) is 18.4 Å². The van der Waals surface area contributed by atoms with Gasteiger partial charge in [-0.15, -0.1) is 0 Å². The summed E-state index contributed by atoms with van der Waals surface area (Å²) < 4.78 is 0. The molecule has 0 radical (unpaired) electrons. The third kappa shape index (κ3) is 4.94. The molecule has 1 amide bonds. The van der Waals surface area contributed by atoms with Gasteiger partial charge in [0.25, 0.3) is 0 Å². The van der Waals surface area contributed by atoms with Crippen LogP contribution in [-0.4, -0.2) is 49.2 Å². The lowest BCUT2D eigenvalue weighted by atomic mass is 9.83. The van der Waals surface area contributed by atoms with Crippen molar-refractivity contribution < 1.29 is 9.90 Å². The SMILES string of the molecule is CNC(CC1CCCCC1)C(O)CC(=O)N(C)C. The highest BCUT2D eigenvalue weighted by molar-refractivity contribution is 5.76. The number of likely N-dealkylation sites (N-methyl/N-ethyl adjacent to an activating group) is 1. The van der Waals surface area contributed by atoms with Crippen molar-refractivity contribution in [2.45, 2.75) is 57.1 Å². The molecule has 1 aliphatic rings. The van der Waals surface area contributed by atoms with Gasteiger partial charge in [0.15, 0.2) is 0 Å². The van der Waals surface area contributed by atoms with Crippen LogP contribution in [0.2, 0.25) is 0 Å². The molecule has 0 aromatic heterocycles. The Labute approximate surface area is 111 Å². The Morgan fingerprint density at radius 3 is 2.44 bits per heavy atom. The molecule has 0 aromatic rings. The van der Waals surface area contributed by atoms with Gasteiger partial charge >= 0.3 is 0 Å². The number of nitrogens with zero attached hydrogens (tertiary/aromatic N) is 1. The number of carbonyl (C=O) groups excluding carboxylic acids is 1. The van der Waals surface area contributed by atoms with Crippen molar-refractivity contribution >= 4 is 5.91 Å². The van der Waals surface area contributed by atoms with Gasteiger partial charge in [-0.2, -0.15) is 0 Å². The lowest BCUT2D eigenvalue weighted by molar-refractivity contribution is -0.131. The van der Waals surface area contributed by atoms with Gasteiger partial charge in [-0.05, 0) is 19.4 Å². The molecule has 1 fully saturated rings. The first kappa shape index (κ1) is 15.4. The van der Waals surface area contributed by atoms with Crippen LogP contribution in [0.4, 0.5) is 0 Å². The van der Waals surface area contributed by atoms with Gasteiger partial charge in [0, 0.05) is 20.1 Å². The fourth-order valence-corrected chi connectivity index (χ4v) is 2.75. The minimum atomic E-state index is -0.577. The minimum absolute atomic E-state index is 0.00797. The second-order valence-corrected chi connectivity index (χ2v) is 5.69. The van der Waals surface area contributed by atoms with Crippen LogP contribution < -0.4 is 5.32 Å². The molecule has 18 heavy (non-hydrogen) atoms. The van der Waals surface area contributed by atoms with E-state index in [4.69, 9.17) is 0 Å². The molecule has 1 rings (SSSR count). The molecule has 0 aliphatic heterocycles. The highest BCUT2D eigenvalue weighted by atomic mass is 16.3. The third-order valence-electron chi connectivity index (χ3n) is 4.03. The van der Waals surface area contributed by atoms with Crippen LogP contribution in [0.1, 0.15) is 44.9 Å². The Morgan fingerprint density at radius 2 is 1.94 bits per heavy atom. The van der Waals surface area contributed by atoms with Crippen molar-refractivity contribution in [2.75, 3.05) is 21.1 Å². The molecule has 2 unspecified atom stereocenters. The van der Waals surface area contributed by atoms with Crippen LogP contribution in [0.15, 0.2) is 0 Å². The number of nitrogens with one attached hydrogen (secondary N) is 1. The second-order valence-electron chi connectivity index (χ2n) is 5.69. The molecular weight excluding hydrogens is 228 g/mol. The van der Waals surface area contributed by atoms with Crippen molar-refractivity contribution in [1.29, 1.82) is 0 Å². The highest BCUT2D eigenvalue weighted by Gasteiger charge is 2.25. The fourth-order valence-electron chi connectivity index (χ4n) is 2.75. The minimum Gasteiger partial charge on any atom is -0.391 e. The quantitative estimate of drug-likeness (QED) is 0.755. The average Bonchev–Trinajstić information content (AvgIpc) is 2.36. The molecule has 0 aromatic carbocycles. The van der Waals surface area contributed by atoms with E-state index < -0.39 is 6.10 Å². The standard InChI is InChI=1S/C14H28N2O2/c1-15-12(9-11-7-5-4-6-8-11)13(17)10-14(18)16(2)3/h11-13,15,17H,4-10H2,1-3H3. The van der Waals surface area contributed by atoms with E-state index in [0.717, 1.165) is 6.42 Å². The molecule has 1 saturated carbocycles. The number of hydrogen-bond donors (Lipinski definition) is 2. The molecule has 0 bridgehead atoms. The van der Waals surface area contributed by atoms with Crippen LogP contribution in [0.25, 0.3) is 0 Å². The van der Waals surface area contributed by atoms with E-state index in [0.29, 0.717) is 5.92 Å². The maximum Gasteiger partial charge on any atom is 0.224 e. The predicted molar refractivity (Wildman–Crippen MR) is 73.4 cm³/mol. The van der Waals surface area contributed by atoms with Crippen molar-refractivity contribution in [3.8, 4) is 0 Å². The Balaban J connectivity index is 2.40. The zero-order chi connectivity index (χ0) is 13.5. The van der Waals surface area contributed by atoms with E-state index in [2.05, 4.69) is 5.32 Å². The van der Waals surface area contributed by atoms with E-state index >= 15 is 0 Å². The number of carbonyl (C=O) groups is 1. The first-order valence-corrected chi connectivity index (χ1v) is 7.10. The van der Waals surface area contributed by atoms with Crippen molar-refractivity contribution in [2.24, 2.45) is 5.92 Å². The summed E-state index contributed by atoms with van der Waals surface area (Å²) in [5, 5.41) is 13.3. The summed E-state index contributed by atoms with van der Waals surface area (Å²) >= 11 is 0. The largest absolute Gasteiger partial charge is 0.391 e. The monoisotopic (exact) mass is 256 g/mol. The van der Waals surface area contributed by atoms with Crippen LogP contribution in [0.5, 0.6) is 0 Å². The summed E-state index contributed by atoms with van der Waals surface area (Å²) in [5.74, 6) is 0.701. The van der Waals surface area contributed by atoms with Crippen LogP contribution in [-0.2, 0) is 4.79 Å². The molecular formula is C14H28N2O2. The molecule has 2 N–H and O–H groups in total. The Morgan fingerprint density at radius 1 is 1.33 bits per heavy atom. The highest BCUT2D eigenvalue weighted by Crippen LogP contribution is 2.28. The summed E-state index contributed by atoms with van der Waals surface area (Å²) in [6, 6.07) is 0.0389. The van der Waals surface area contributed by atoms with Crippen molar-refractivity contribution in [1.82, 2.24) is 10.2 Å². The first-order valence-electron chi connectivity index (χ1n) is 7.10. The molecule has 2 atom stereocenters. The van der Waals surface area contributed by atoms with Gasteiger partial charge < -0.3 is 15.3 Å². The molecule has 0 heterocycles. The second kappa shape index (κ2) is 7.74. The number of rotatable bonds is 6. The van der Waals surface area contributed by atoms with Gasteiger partial charge in [0.1, 0.15) is 0 Å². The Bertz CT molecular complexity index is 250. The smallest absolute Gasteiger partial charge is 0.224 e. The number of amides is 1. The van der Waals surface area contributed by atoms with E-state index in [1.54, 1.807) is 14.1 Å². The summed E-state index contributed by atoms with van der Waals surface area (Å²) in [6.45, 7) is 0. The van der Waals surface area contributed by atoms with Gasteiger partial charge in [0.2, 0.25) is 5.91 Å². The van der Waals surface area contributed by atoms with E-state index in [1.807, 2.05) is 7.05 Å². The molecule has 0 spiro atoms. The normalized spacial score (nSPS) is 20.4. The topological polar surface area (TPSA) is 52.6 Å². The van der Waals surface area contributed by atoms with Crippen molar-refractivity contribution in [3.63, 3.8) is 0 Å². The first-order chi connectivity index (χ1) is 8.54. The fraction of sp³-hybridized carbons (Fsp3) is 0.929. The number of aliphatic hydroxyl groups is 1. The molecule has 106 valence electrons. The van der Waals surface area contributed by atoms with E-state index in [9.17, 15) is 9.90 Å². The molecule has 4 nitrogen and oxygen atoms in total. The van der Waals surface area contributed by atoms with E-state index in [1.165, 1.54) is 37.0 Å². The van der Waals surface area contributed by atoms with Crippen LogP contribution >= 0.6 is 0 Å². The predicted octanol–water partition coefficient (Wildman–Crippen LogP) is 1.38. The lowest BCUT2D eigenvalue weighted by Gasteiger charge is -2.29. The summed E-state index contributed by atoms with van der Waals surface area (Å²) in [6.07, 6.45) is 7.14. The number of hydrogen-bond acceptors (Lipinski definition) is 3. The van der Waals surface area contributed by atoms with Gasteiger partial charge in [-0.1, -0.05) is 32.1 Å². The van der Waals surface area contributed by atoms with Gasteiger partial charge in [0.05, 0.1) is 12.5 Å². The van der Waals surface area contributed by atoms with Gasteiger partial charge in [-0.3, -0.25) is 4.79 Å². The zero-order valence-electron chi connectivity index (χ0n) is 12.0. The molecule has 1 aliphatic carbocycles. The summed E-state index contributed by atoms with van der Waals surface area (Å²) in [4.78, 5) is 13.1. The van der Waals surface area contributed by atoms with Crippen molar-refractivity contribution in [3.05, 3.63) is 0 Å². The van der Waals surface area contributed by atoms with Crippen LogP contribution in [0, 0.1) is 5.92 Å². The maximum absolute atomic E-state index is 11.6. The zero-order valence-corrected chi connectivity index (χ0v) is 12.0. The Kier molecular flexibility index (Phi) is 6.65. The summed E-state index contributed by atoms with van der Waals surface area (Å²) in [5.41, 5.74) is 0. The Hall–Kier alpha value is -0.610. The third-order valence-corrected chi connectivity index (χ3v) is 4.03. The average molecular weight is 256 g/mol. The lowest BCUT2D eigenvalue weighted by Crippen LogP contribution is -2.42. The molecule has 0 saturated heterocycles. The molecule has 4 heteroatoms.